The number of nitrogens with one attached hydrogen (secondary N) is 2. The van der Waals surface area contributed by atoms with Crippen LogP contribution in [-0.2, 0) is 12.8 Å². The molecule has 0 spiro atoms. The first-order valence-electron chi connectivity index (χ1n) is 8.80. The van der Waals surface area contributed by atoms with Crippen LogP contribution < -0.4 is 10.6 Å². The SMILES string of the molecule is CC(C)(C)[C@@H]1CCc2c(sc3c2C(=O)N[C@H](c2ccc(Cl)cc2)N3)C1. The summed E-state index contributed by atoms with van der Waals surface area (Å²) in [6.07, 6.45) is 3.05. The van der Waals surface area contributed by atoms with E-state index in [4.69, 9.17) is 11.6 Å². The number of carbonyl (C=O) groups is 1. The fourth-order valence-corrected chi connectivity index (χ4v) is 5.34. The van der Waals surface area contributed by atoms with E-state index in [9.17, 15) is 4.79 Å². The molecule has 0 saturated heterocycles. The monoisotopic (exact) mass is 374 g/mol. The second-order valence-electron chi connectivity index (χ2n) is 8.12. The molecule has 2 atom stereocenters. The van der Waals surface area contributed by atoms with Crippen LogP contribution in [0, 0.1) is 11.3 Å². The van der Waals surface area contributed by atoms with Gasteiger partial charge in [-0.05, 0) is 53.9 Å². The largest absolute Gasteiger partial charge is 0.353 e. The van der Waals surface area contributed by atoms with Crippen LogP contribution >= 0.6 is 22.9 Å². The zero-order valence-electron chi connectivity index (χ0n) is 14.8. The predicted octanol–water partition coefficient (Wildman–Crippen LogP) is 5.41. The summed E-state index contributed by atoms with van der Waals surface area (Å²) in [6.45, 7) is 6.95. The van der Waals surface area contributed by atoms with Gasteiger partial charge >= 0.3 is 0 Å². The molecular formula is C20H23ClN2OS. The minimum absolute atomic E-state index is 0.0420. The Labute approximate surface area is 157 Å². The number of carbonyl (C=O) groups excluding carboxylic acids is 1. The van der Waals surface area contributed by atoms with Gasteiger partial charge in [-0.25, -0.2) is 0 Å². The van der Waals surface area contributed by atoms with E-state index < -0.39 is 0 Å². The lowest BCUT2D eigenvalue weighted by Crippen LogP contribution is -2.38. The molecule has 25 heavy (non-hydrogen) atoms. The number of amides is 1. The Hall–Kier alpha value is -1.52. The number of hydrogen-bond acceptors (Lipinski definition) is 3. The van der Waals surface area contributed by atoms with Gasteiger partial charge in [0.1, 0.15) is 11.2 Å². The molecule has 2 aliphatic rings. The number of halogens is 1. The summed E-state index contributed by atoms with van der Waals surface area (Å²) in [5.74, 6) is 0.718. The van der Waals surface area contributed by atoms with E-state index in [1.165, 1.54) is 10.4 Å². The summed E-state index contributed by atoms with van der Waals surface area (Å²) < 4.78 is 0. The van der Waals surface area contributed by atoms with Crippen molar-refractivity contribution in [3.63, 3.8) is 0 Å². The molecule has 5 heteroatoms. The number of rotatable bonds is 1. The molecule has 1 aromatic heterocycles. The lowest BCUT2D eigenvalue weighted by Gasteiger charge is -2.34. The quantitative estimate of drug-likeness (QED) is 0.701. The average molecular weight is 375 g/mol. The molecular weight excluding hydrogens is 352 g/mol. The minimum atomic E-state index is -0.198. The van der Waals surface area contributed by atoms with Crippen molar-refractivity contribution < 1.29 is 4.79 Å². The van der Waals surface area contributed by atoms with Gasteiger partial charge in [-0.15, -0.1) is 11.3 Å². The second-order valence-corrected chi connectivity index (χ2v) is 9.66. The number of benzene rings is 1. The summed E-state index contributed by atoms with van der Waals surface area (Å²) in [5, 5.41) is 8.33. The molecule has 1 amide bonds. The highest BCUT2D eigenvalue weighted by Crippen LogP contribution is 2.46. The highest BCUT2D eigenvalue weighted by atomic mass is 35.5. The van der Waals surface area contributed by atoms with Gasteiger partial charge in [0, 0.05) is 9.90 Å². The van der Waals surface area contributed by atoms with Crippen LogP contribution in [0.3, 0.4) is 0 Å². The van der Waals surface area contributed by atoms with E-state index in [0.29, 0.717) is 16.4 Å². The molecule has 0 fully saturated rings. The van der Waals surface area contributed by atoms with Gasteiger partial charge in [0.25, 0.3) is 5.91 Å². The first-order chi connectivity index (χ1) is 11.8. The second kappa shape index (κ2) is 6.03. The van der Waals surface area contributed by atoms with Crippen molar-refractivity contribution in [3.05, 3.63) is 50.9 Å². The van der Waals surface area contributed by atoms with Crippen LogP contribution in [0.4, 0.5) is 5.00 Å². The Kier molecular flexibility index (Phi) is 4.08. The van der Waals surface area contributed by atoms with Crippen LogP contribution in [-0.4, -0.2) is 5.91 Å². The Bertz CT molecular complexity index is 819. The highest BCUT2D eigenvalue weighted by Gasteiger charge is 2.36. The van der Waals surface area contributed by atoms with Crippen molar-refractivity contribution in [2.45, 2.75) is 46.2 Å². The normalized spacial score (nSPS) is 22.6. The van der Waals surface area contributed by atoms with Crippen molar-refractivity contribution in [1.82, 2.24) is 5.32 Å². The number of hydrogen-bond donors (Lipinski definition) is 2. The third-order valence-electron chi connectivity index (χ3n) is 5.47. The Morgan fingerprint density at radius 3 is 2.56 bits per heavy atom. The van der Waals surface area contributed by atoms with Crippen molar-refractivity contribution in [2.75, 3.05) is 5.32 Å². The number of anilines is 1. The molecule has 3 nitrogen and oxygen atoms in total. The topological polar surface area (TPSA) is 41.1 Å². The van der Waals surface area contributed by atoms with Gasteiger partial charge < -0.3 is 10.6 Å². The Morgan fingerprint density at radius 2 is 1.88 bits per heavy atom. The maximum absolute atomic E-state index is 12.8. The average Bonchev–Trinajstić information content (AvgIpc) is 2.92. The van der Waals surface area contributed by atoms with E-state index in [2.05, 4.69) is 31.4 Å². The van der Waals surface area contributed by atoms with Gasteiger partial charge in [-0.3, -0.25) is 4.79 Å². The molecule has 4 rings (SSSR count). The van der Waals surface area contributed by atoms with Crippen molar-refractivity contribution >= 4 is 33.8 Å². The summed E-state index contributed by atoms with van der Waals surface area (Å²) >= 11 is 7.74. The fourth-order valence-electron chi connectivity index (χ4n) is 3.86. The summed E-state index contributed by atoms with van der Waals surface area (Å²) in [5.41, 5.74) is 3.46. The highest BCUT2D eigenvalue weighted by molar-refractivity contribution is 7.16. The van der Waals surface area contributed by atoms with E-state index in [1.807, 2.05) is 24.3 Å². The van der Waals surface area contributed by atoms with E-state index in [0.717, 1.165) is 35.4 Å². The first-order valence-corrected chi connectivity index (χ1v) is 10.00. The van der Waals surface area contributed by atoms with Gasteiger partial charge in [0.05, 0.1) is 5.56 Å². The van der Waals surface area contributed by atoms with Crippen molar-refractivity contribution in [1.29, 1.82) is 0 Å². The predicted molar refractivity (Wildman–Crippen MR) is 105 cm³/mol. The third-order valence-corrected chi connectivity index (χ3v) is 6.91. The number of fused-ring (bicyclic) bond motifs is 3. The van der Waals surface area contributed by atoms with E-state index in [-0.39, 0.29) is 12.1 Å². The molecule has 132 valence electrons. The summed E-state index contributed by atoms with van der Waals surface area (Å²) in [6, 6.07) is 7.62. The maximum Gasteiger partial charge on any atom is 0.256 e. The zero-order chi connectivity index (χ0) is 17.8. The molecule has 0 radical (unpaired) electrons. The molecule has 2 heterocycles. The Balaban J connectivity index is 1.64. The van der Waals surface area contributed by atoms with Gasteiger partial charge in [0.15, 0.2) is 0 Å². The molecule has 0 unspecified atom stereocenters. The molecule has 0 bridgehead atoms. The standard InChI is InChI=1S/C20H23ClN2OS/c1-20(2,3)12-6-9-14-15(10-12)25-19-16(14)18(24)22-17(23-19)11-4-7-13(21)8-5-11/h4-5,7-8,12,17,23H,6,9-10H2,1-3H3,(H,22,24)/t12-,17+/m1/s1. The van der Waals surface area contributed by atoms with Gasteiger partial charge in [-0.2, -0.15) is 0 Å². The van der Waals surface area contributed by atoms with Gasteiger partial charge in [0.2, 0.25) is 0 Å². The number of thiophene rings is 1. The first kappa shape index (κ1) is 16.9. The van der Waals surface area contributed by atoms with Crippen molar-refractivity contribution in [3.8, 4) is 0 Å². The fraction of sp³-hybridized carbons (Fsp3) is 0.450. The zero-order valence-corrected chi connectivity index (χ0v) is 16.4. The van der Waals surface area contributed by atoms with Crippen LogP contribution in [0.5, 0.6) is 0 Å². The molecule has 1 aliphatic heterocycles. The smallest absolute Gasteiger partial charge is 0.256 e. The van der Waals surface area contributed by atoms with Crippen LogP contribution in [0.1, 0.15) is 59.7 Å². The van der Waals surface area contributed by atoms with Crippen molar-refractivity contribution in [2.24, 2.45) is 11.3 Å². The maximum atomic E-state index is 12.8. The van der Waals surface area contributed by atoms with Crippen LogP contribution in [0.2, 0.25) is 5.02 Å². The Morgan fingerprint density at radius 1 is 1.16 bits per heavy atom. The molecule has 0 saturated carbocycles. The van der Waals surface area contributed by atoms with Gasteiger partial charge in [-0.1, -0.05) is 44.5 Å². The third kappa shape index (κ3) is 3.06. The minimum Gasteiger partial charge on any atom is -0.353 e. The summed E-state index contributed by atoms with van der Waals surface area (Å²) in [4.78, 5) is 14.2. The van der Waals surface area contributed by atoms with E-state index in [1.54, 1.807) is 11.3 Å². The van der Waals surface area contributed by atoms with E-state index >= 15 is 0 Å². The van der Waals surface area contributed by atoms with Crippen LogP contribution in [0.15, 0.2) is 24.3 Å². The summed E-state index contributed by atoms with van der Waals surface area (Å²) in [7, 11) is 0. The molecule has 2 aromatic rings. The molecule has 2 N–H and O–H groups in total. The molecule has 1 aliphatic carbocycles. The van der Waals surface area contributed by atoms with Crippen LogP contribution in [0.25, 0.3) is 0 Å². The lowest BCUT2D eigenvalue weighted by molar-refractivity contribution is 0.0935. The lowest BCUT2D eigenvalue weighted by atomic mass is 9.72. The molecule has 1 aromatic carbocycles.